The van der Waals surface area contributed by atoms with E-state index in [9.17, 15) is 0 Å². The molecule has 5 rings (SSSR count). The minimum absolute atomic E-state index is 0.250. The summed E-state index contributed by atoms with van der Waals surface area (Å²) in [4.78, 5) is 13.4. The van der Waals surface area contributed by atoms with Crippen LogP contribution in [0, 0.1) is 0 Å². The number of rotatable bonds is 11. The van der Waals surface area contributed by atoms with E-state index in [1.54, 1.807) is 31.5 Å². The van der Waals surface area contributed by atoms with Gasteiger partial charge in [0, 0.05) is 27.0 Å². The Morgan fingerprint density at radius 1 is 0.732 bits per heavy atom. The van der Waals surface area contributed by atoms with E-state index >= 15 is 0 Å². The Labute approximate surface area is 247 Å². The van der Waals surface area contributed by atoms with E-state index in [1.165, 1.54) is 0 Å². The molecule has 1 heterocycles. The molecule has 0 saturated heterocycles. The quantitative estimate of drug-likeness (QED) is 0.107. The third-order valence-corrected chi connectivity index (χ3v) is 6.25. The first-order chi connectivity index (χ1) is 20.1. The van der Waals surface area contributed by atoms with Gasteiger partial charge in [-0.15, -0.1) is 0 Å². The Morgan fingerprint density at radius 3 is 1.98 bits per heavy atom. The molecule has 0 amide bonds. The third kappa shape index (κ3) is 7.84. The minimum Gasteiger partial charge on any atom is -0.493 e. The Balaban J connectivity index is 1.30. The third-order valence-electron chi connectivity index (χ3n) is 5.66. The highest BCUT2D eigenvalue weighted by molar-refractivity contribution is 6.35. The van der Waals surface area contributed by atoms with Crippen molar-refractivity contribution < 1.29 is 9.47 Å². The van der Waals surface area contributed by atoms with Gasteiger partial charge in [0.1, 0.15) is 6.61 Å². The zero-order valence-corrected chi connectivity index (χ0v) is 23.4. The van der Waals surface area contributed by atoms with Crippen LogP contribution < -0.4 is 25.5 Å². The van der Waals surface area contributed by atoms with Crippen LogP contribution in [-0.4, -0.2) is 28.3 Å². The summed E-state index contributed by atoms with van der Waals surface area (Å²) in [5.74, 6) is 2.06. The zero-order chi connectivity index (χ0) is 28.4. The molecule has 206 valence electrons. The van der Waals surface area contributed by atoms with Crippen LogP contribution in [0.4, 0.5) is 29.2 Å². The number of nitrogens with one attached hydrogen (secondary N) is 3. The fourth-order valence-corrected chi connectivity index (χ4v) is 4.14. The van der Waals surface area contributed by atoms with Crippen LogP contribution in [-0.2, 0) is 6.61 Å². The molecule has 4 aromatic carbocycles. The van der Waals surface area contributed by atoms with Crippen LogP contribution in [0.1, 0.15) is 11.1 Å². The number of methoxy groups -OCH3 is 1. The van der Waals surface area contributed by atoms with Gasteiger partial charge < -0.3 is 20.1 Å². The average molecular weight is 586 g/mol. The summed E-state index contributed by atoms with van der Waals surface area (Å²) in [5.41, 5.74) is 6.15. The van der Waals surface area contributed by atoms with Gasteiger partial charge in [-0.1, -0.05) is 65.7 Å². The number of hydrogen-bond acceptors (Lipinski definition) is 9. The monoisotopic (exact) mass is 585 g/mol. The van der Waals surface area contributed by atoms with Crippen molar-refractivity contribution >= 4 is 58.6 Å². The lowest BCUT2D eigenvalue weighted by Crippen LogP contribution is -2.07. The highest BCUT2D eigenvalue weighted by atomic mass is 35.5. The molecule has 0 spiro atoms. The summed E-state index contributed by atoms with van der Waals surface area (Å²) >= 11 is 12.2. The topological polar surface area (TPSA) is 106 Å². The Morgan fingerprint density at radius 2 is 1.37 bits per heavy atom. The molecule has 41 heavy (non-hydrogen) atoms. The summed E-state index contributed by atoms with van der Waals surface area (Å²) in [6, 6.07) is 30.0. The summed E-state index contributed by atoms with van der Waals surface area (Å²) in [6.07, 6.45) is 1.63. The van der Waals surface area contributed by atoms with Crippen molar-refractivity contribution in [3.63, 3.8) is 0 Å². The maximum absolute atomic E-state index is 6.26. The van der Waals surface area contributed by atoms with E-state index in [4.69, 9.17) is 32.7 Å². The second-order valence-electron chi connectivity index (χ2n) is 8.59. The molecule has 11 heteroatoms. The normalized spacial score (nSPS) is 10.8. The largest absolute Gasteiger partial charge is 0.493 e. The maximum atomic E-state index is 6.26. The number of ether oxygens (including phenoxy) is 2. The lowest BCUT2D eigenvalue weighted by Gasteiger charge is -2.12. The van der Waals surface area contributed by atoms with E-state index < -0.39 is 0 Å². The zero-order valence-electron chi connectivity index (χ0n) is 21.9. The second-order valence-corrected chi connectivity index (χ2v) is 9.44. The van der Waals surface area contributed by atoms with Gasteiger partial charge in [-0.3, -0.25) is 0 Å². The average Bonchev–Trinajstić information content (AvgIpc) is 2.98. The van der Waals surface area contributed by atoms with E-state index in [0.29, 0.717) is 33.4 Å². The first-order valence-electron chi connectivity index (χ1n) is 12.5. The molecule has 1 aromatic heterocycles. The molecule has 0 atom stereocenters. The van der Waals surface area contributed by atoms with Gasteiger partial charge in [0.05, 0.1) is 13.3 Å². The fourth-order valence-electron chi connectivity index (χ4n) is 3.68. The molecule has 0 unspecified atom stereocenters. The summed E-state index contributed by atoms with van der Waals surface area (Å²) in [7, 11) is 1.57. The van der Waals surface area contributed by atoms with E-state index in [2.05, 4.69) is 36.1 Å². The van der Waals surface area contributed by atoms with Gasteiger partial charge >= 0.3 is 0 Å². The maximum Gasteiger partial charge on any atom is 0.250 e. The Bertz CT molecular complexity index is 1580. The smallest absolute Gasteiger partial charge is 0.250 e. The molecule has 9 nitrogen and oxygen atoms in total. The lowest BCUT2D eigenvalue weighted by molar-refractivity contribution is 0.284. The molecule has 0 bridgehead atoms. The molecule has 3 N–H and O–H groups in total. The Kier molecular flexibility index (Phi) is 9.10. The number of hydrogen-bond donors (Lipinski definition) is 3. The number of benzene rings is 4. The van der Waals surface area contributed by atoms with Crippen LogP contribution in [0.2, 0.25) is 10.0 Å². The van der Waals surface area contributed by atoms with E-state index in [-0.39, 0.29) is 12.6 Å². The highest BCUT2D eigenvalue weighted by Gasteiger charge is 2.09. The molecule has 0 radical (unpaired) electrons. The lowest BCUT2D eigenvalue weighted by atomic mass is 10.2. The number of hydrazone groups is 1. The van der Waals surface area contributed by atoms with Crippen molar-refractivity contribution in [2.75, 3.05) is 23.2 Å². The summed E-state index contributed by atoms with van der Waals surface area (Å²) < 4.78 is 11.5. The van der Waals surface area contributed by atoms with Gasteiger partial charge in [-0.05, 0) is 60.2 Å². The number of halogens is 2. The van der Waals surface area contributed by atoms with Gasteiger partial charge in [0.2, 0.25) is 17.8 Å². The standard InChI is InChI=1S/C30H25Cl2N7O2/c1-40-27-16-20(12-15-26(27)41-19-21-13-14-22(31)17-25(21)32)18-33-39-30-37-28(34-23-8-4-2-5-9-23)36-29(38-30)35-24-10-6-3-7-11-24/h2-18H,19H2,1H3,(H3,34,35,36,37,38,39)/b33-18-. The van der Waals surface area contributed by atoms with Crippen molar-refractivity contribution in [3.05, 3.63) is 118 Å². The highest BCUT2D eigenvalue weighted by Crippen LogP contribution is 2.30. The first-order valence-corrected chi connectivity index (χ1v) is 13.3. The Hall–Kier alpha value is -4.86. The molecule has 0 aliphatic carbocycles. The molecule has 0 aliphatic rings. The minimum atomic E-state index is 0.250. The van der Waals surface area contributed by atoms with Crippen molar-refractivity contribution in [1.29, 1.82) is 0 Å². The summed E-state index contributed by atoms with van der Waals surface area (Å²) in [6.45, 7) is 0.263. The predicted molar refractivity (Wildman–Crippen MR) is 164 cm³/mol. The second kappa shape index (κ2) is 13.5. The van der Waals surface area contributed by atoms with Crippen LogP contribution in [0.25, 0.3) is 0 Å². The fraction of sp³-hybridized carbons (Fsp3) is 0.0667. The van der Waals surface area contributed by atoms with E-state index in [0.717, 1.165) is 22.5 Å². The number of aromatic nitrogens is 3. The van der Waals surface area contributed by atoms with Gasteiger partial charge in [0.25, 0.3) is 0 Å². The van der Waals surface area contributed by atoms with Crippen LogP contribution >= 0.6 is 23.2 Å². The molecule has 0 fully saturated rings. The van der Waals surface area contributed by atoms with Crippen molar-refractivity contribution in [1.82, 2.24) is 15.0 Å². The van der Waals surface area contributed by atoms with Crippen molar-refractivity contribution in [2.45, 2.75) is 6.61 Å². The van der Waals surface area contributed by atoms with Crippen molar-refractivity contribution in [3.8, 4) is 11.5 Å². The molecule has 5 aromatic rings. The van der Waals surface area contributed by atoms with Gasteiger partial charge in [-0.25, -0.2) is 5.43 Å². The van der Waals surface area contributed by atoms with Crippen molar-refractivity contribution in [2.24, 2.45) is 5.10 Å². The number of para-hydroxylation sites is 2. The first kappa shape index (κ1) is 27.7. The number of nitrogens with zero attached hydrogens (tertiary/aromatic N) is 4. The number of anilines is 5. The SMILES string of the molecule is COc1cc(/C=N\Nc2nc(Nc3ccccc3)nc(Nc3ccccc3)n2)ccc1OCc1ccc(Cl)cc1Cl. The van der Waals surface area contributed by atoms with Gasteiger partial charge in [0.15, 0.2) is 11.5 Å². The summed E-state index contributed by atoms with van der Waals surface area (Å²) in [5, 5.41) is 11.8. The molecular formula is C30H25Cl2N7O2. The van der Waals surface area contributed by atoms with Crippen LogP contribution in [0.15, 0.2) is 102 Å². The molecular weight excluding hydrogens is 561 g/mol. The predicted octanol–water partition coefficient (Wildman–Crippen LogP) is 7.70. The van der Waals surface area contributed by atoms with E-state index in [1.807, 2.05) is 78.9 Å². The van der Waals surface area contributed by atoms with Gasteiger partial charge in [-0.2, -0.15) is 20.1 Å². The molecule has 0 aliphatic heterocycles. The van der Waals surface area contributed by atoms with Crippen LogP contribution in [0.3, 0.4) is 0 Å². The molecule has 0 saturated carbocycles. The van der Waals surface area contributed by atoms with Crippen LogP contribution in [0.5, 0.6) is 11.5 Å².